The predicted octanol–water partition coefficient (Wildman–Crippen LogP) is 6.03. The number of Topliss-reactive ketones (excluding diaryl/α,β-unsaturated/α-hetero) is 1. The van der Waals surface area contributed by atoms with Gasteiger partial charge >= 0.3 is 0 Å². The van der Waals surface area contributed by atoms with Crippen LogP contribution in [-0.2, 0) is 0 Å². The summed E-state index contributed by atoms with van der Waals surface area (Å²) in [4.78, 5) is 36.0. The van der Waals surface area contributed by atoms with Gasteiger partial charge < -0.3 is 10.1 Å². The summed E-state index contributed by atoms with van der Waals surface area (Å²) in [6.07, 6.45) is 1.67. The lowest BCUT2D eigenvalue weighted by Crippen LogP contribution is -2.12. The molecule has 1 amide bonds. The van der Waals surface area contributed by atoms with E-state index in [-0.39, 0.29) is 23.8 Å². The van der Waals surface area contributed by atoms with Gasteiger partial charge in [-0.2, -0.15) is 0 Å². The zero-order chi connectivity index (χ0) is 26.8. The summed E-state index contributed by atoms with van der Waals surface area (Å²) in [5.74, 6) is 1.02. The SMILES string of the molecule is COc1ccc(-c2nc(C3NC3C(=O)c3ccccc3)sc2-c2ccnc(NC(=O)c3ccccc3)c2)cc1. The molecule has 0 bridgehead atoms. The van der Waals surface area contributed by atoms with Crippen LogP contribution < -0.4 is 15.4 Å². The zero-order valence-corrected chi connectivity index (χ0v) is 21.8. The number of rotatable bonds is 8. The van der Waals surface area contributed by atoms with E-state index in [4.69, 9.17) is 9.72 Å². The van der Waals surface area contributed by atoms with Crippen molar-refractivity contribution in [2.24, 2.45) is 0 Å². The van der Waals surface area contributed by atoms with E-state index in [1.54, 1.807) is 25.4 Å². The first-order chi connectivity index (χ1) is 19.1. The van der Waals surface area contributed by atoms with Crippen LogP contribution >= 0.6 is 11.3 Å². The van der Waals surface area contributed by atoms with Crippen molar-refractivity contribution in [3.05, 3.63) is 119 Å². The molecular formula is C31H24N4O3S. The average Bonchev–Trinajstić information content (AvgIpc) is 3.68. The Balaban J connectivity index is 1.33. The molecule has 1 saturated heterocycles. The molecule has 2 unspecified atom stereocenters. The average molecular weight is 533 g/mol. The molecule has 2 N–H and O–H groups in total. The van der Waals surface area contributed by atoms with Crippen molar-refractivity contribution in [1.82, 2.24) is 15.3 Å². The van der Waals surface area contributed by atoms with Gasteiger partial charge in [-0.15, -0.1) is 11.3 Å². The molecule has 7 nitrogen and oxygen atoms in total. The highest BCUT2D eigenvalue weighted by atomic mass is 32.1. The van der Waals surface area contributed by atoms with Crippen LogP contribution in [0.3, 0.4) is 0 Å². The summed E-state index contributed by atoms with van der Waals surface area (Å²) in [6.45, 7) is 0. The van der Waals surface area contributed by atoms with E-state index in [9.17, 15) is 9.59 Å². The van der Waals surface area contributed by atoms with Crippen LogP contribution in [-0.4, -0.2) is 34.8 Å². The highest BCUT2D eigenvalue weighted by Gasteiger charge is 2.46. The fraction of sp³-hybridized carbons (Fsp3) is 0.0968. The molecule has 0 spiro atoms. The number of nitrogens with one attached hydrogen (secondary N) is 2. The second-order valence-corrected chi connectivity index (χ2v) is 10.1. The van der Waals surface area contributed by atoms with E-state index < -0.39 is 0 Å². The molecule has 192 valence electrons. The minimum Gasteiger partial charge on any atom is -0.497 e. The molecule has 3 aromatic carbocycles. The number of benzene rings is 3. The van der Waals surface area contributed by atoms with Gasteiger partial charge in [-0.1, -0.05) is 48.5 Å². The maximum absolute atomic E-state index is 13.0. The summed E-state index contributed by atoms with van der Waals surface area (Å²) >= 11 is 1.53. The van der Waals surface area contributed by atoms with Gasteiger partial charge in [-0.3, -0.25) is 14.9 Å². The highest BCUT2D eigenvalue weighted by Crippen LogP contribution is 2.43. The summed E-state index contributed by atoms with van der Waals surface area (Å²) in [6, 6.07) is 29.3. The van der Waals surface area contributed by atoms with Gasteiger partial charge in [-0.05, 0) is 54.1 Å². The second-order valence-electron chi connectivity index (χ2n) is 9.06. The number of methoxy groups -OCH3 is 1. The quantitative estimate of drug-likeness (QED) is 0.187. The van der Waals surface area contributed by atoms with Gasteiger partial charge in [0.1, 0.15) is 16.6 Å². The number of ether oxygens (including phenoxy) is 1. The number of nitrogens with zero attached hydrogens (tertiary/aromatic N) is 2. The molecule has 0 aliphatic carbocycles. The number of carbonyl (C=O) groups is 2. The Morgan fingerprint density at radius 1 is 0.872 bits per heavy atom. The van der Waals surface area contributed by atoms with Gasteiger partial charge in [0, 0.05) is 22.9 Å². The number of hydrogen-bond acceptors (Lipinski definition) is 7. The molecule has 8 heteroatoms. The van der Waals surface area contributed by atoms with E-state index in [2.05, 4.69) is 15.6 Å². The van der Waals surface area contributed by atoms with Gasteiger partial charge in [0.25, 0.3) is 5.91 Å². The number of pyridine rings is 1. The van der Waals surface area contributed by atoms with Crippen LogP contribution in [0.1, 0.15) is 31.8 Å². The molecule has 0 radical (unpaired) electrons. The summed E-state index contributed by atoms with van der Waals surface area (Å²) in [5, 5.41) is 7.03. The Morgan fingerprint density at radius 3 is 2.26 bits per heavy atom. The van der Waals surface area contributed by atoms with Crippen LogP contribution in [0.25, 0.3) is 21.7 Å². The first kappa shape index (κ1) is 24.7. The molecule has 1 aliphatic rings. The van der Waals surface area contributed by atoms with Crippen LogP contribution in [0.5, 0.6) is 5.75 Å². The van der Waals surface area contributed by atoms with Crippen LogP contribution in [0, 0.1) is 0 Å². The smallest absolute Gasteiger partial charge is 0.256 e. The van der Waals surface area contributed by atoms with Crippen molar-refractivity contribution in [3.8, 4) is 27.4 Å². The largest absolute Gasteiger partial charge is 0.497 e. The van der Waals surface area contributed by atoms with Crippen molar-refractivity contribution in [2.75, 3.05) is 12.4 Å². The fourth-order valence-electron chi connectivity index (χ4n) is 4.39. The minimum atomic E-state index is -0.312. The molecule has 39 heavy (non-hydrogen) atoms. The molecule has 0 saturated carbocycles. The van der Waals surface area contributed by atoms with Crippen molar-refractivity contribution >= 4 is 28.8 Å². The number of amides is 1. The van der Waals surface area contributed by atoms with Crippen molar-refractivity contribution in [3.63, 3.8) is 0 Å². The summed E-state index contributed by atoms with van der Waals surface area (Å²) in [5.41, 5.74) is 3.82. The lowest BCUT2D eigenvalue weighted by atomic mass is 10.1. The number of aromatic nitrogens is 2. The summed E-state index contributed by atoms with van der Waals surface area (Å²) < 4.78 is 5.33. The molecule has 2 atom stereocenters. The molecule has 2 aromatic heterocycles. The summed E-state index contributed by atoms with van der Waals surface area (Å²) in [7, 11) is 1.63. The molecule has 5 aromatic rings. The number of anilines is 1. The van der Waals surface area contributed by atoms with Crippen molar-refractivity contribution in [2.45, 2.75) is 12.1 Å². The molecule has 1 fully saturated rings. The zero-order valence-electron chi connectivity index (χ0n) is 21.0. The Bertz CT molecular complexity index is 1640. The molecular weight excluding hydrogens is 508 g/mol. The Kier molecular flexibility index (Phi) is 6.71. The molecule has 1 aliphatic heterocycles. The van der Waals surface area contributed by atoms with Gasteiger partial charge in [0.15, 0.2) is 5.78 Å². The number of thiazole rings is 1. The van der Waals surface area contributed by atoms with Crippen LogP contribution in [0.4, 0.5) is 5.82 Å². The third kappa shape index (κ3) is 5.20. The predicted molar refractivity (Wildman–Crippen MR) is 152 cm³/mol. The van der Waals surface area contributed by atoms with Gasteiger partial charge in [0.2, 0.25) is 0 Å². The van der Waals surface area contributed by atoms with Crippen molar-refractivity contribution in [1.29, 1.82) is 0 Å². The normalized spacial score (nSPS) is 15.9. The second kappa shape index (κ2) is 10.6. The lowest BCUT2D eigenvalue weighted by Gasteiger charge is -2.08. The highest BCUT2D eigenvalue weighted by molar-refractivity contribution is 7.15. The third-order valence-electron chi connectivity index (χ3n) is 6.50. The first-order valence-corrected chi connectivity index (χ1v) is 13.3. The Hall–Kier alpha value is -4.66. The van der Waals surface area contributed by atoms with Gasteiger partial charge in [-0.25, -0.2) is 9.97 Å². The Labute approximate surface area is 229 Å². The van der Waals surface area contributed by atoms with E-state index >= 15 is 0 Å². The lowest BCUT2D eigenvalue weighted by molar-refractivity contribution is 0.0986. The third-order valence-corrected chi connectivity index (χ3v) is 7.68. The van der Waals surface area contributed by atoms with Crippen LogP contribution in [0.2, 0.25) is 0 Å². The van der Waals surface area contributed by atoms with Crippen LogP contribution in [0.15, 0.2) is 103 Å². The maximum Gasteiger partial charge on any atom is 0.256 e. The van der Waals surface area contributed by atoms with Crippen molar-refractivity contribution < 1.29 is 14.3 Å². The number of ketones is 1. The van der Waals surface area contributed by atoms with E-state index in [1.165, 1.54) is 11.3 Å². The molecule has 6 rings (SSSR count). The monoisotopic (exact) mass is 532 g/mol. The number of carbonyl (C=O) groups excluding carboxylic acids is 2. The fourth-order valence-corrected chi connectivity index (χ4v) is 5.57. The number of hydrogen-bond donors (Lipinski definition) is 2. The maximum atomic E-state index is 13.0. The van der Waals surface area contributed by atoms with E-state index in [1.807, 2.05) is 84.9 Å². The Morgan fingerprint density at radius 2 is 1.56 bits per heavy atom. The van der Waals surface area contributed by atoms with Gasteiger partial charge in [0.05, 0.1) is 29.8 Å². The van der Waals surface area contributed by atoms with E-state index in [0.29, 0.717) is 16.9 Å². The topological polar surface area (TPSA) is 103 Å². The molecule has 3 heterocycles. The first-order valence-electron chi connectivity index (χ1n) is 12.4. The van der Waals surface area contributed by atoms with E-state index in [0.717, 1.165) is 32.5 Å². The standard InChI is InChI=1S/C31H24N4O3S/c1-38-23-14-12-19(13-15-23)25-29(22-16-17-32-24(18-22)33-30(37)21-10-6-3-7-11-21)39-31(35-25)27-26(34-27)28(36)20-8-4-2-5-9-20/h2-18,26-27,34H,1H3,(H,32,33,37). The minimum absolute atomic E-state index is 0.0539.